The van der Waals surface area contributed by atoms with Gasteiger partial charge < -0.3 is 10.6 Å². The van der Waals surface area contributed by atoms with Gasteiger partial charge in [0.2, 0.25) is 0 Å². The lowest BCUT2D eigenvalue weighted by atomic mass is 9.91. The van der Waals surface area contributed by atoms with Gasteiger partial charge >= 0.3 is 18.4 Å². The molecule has 1 aliphatic carbocycles. The van der Waals surface area contributed by atoms with Gasteiger partial charge in [0, 0.05) is 17.6 Å². The third-order valence-electron chi connectivity index (χ3n) is 4.71. The van der Waals surface area contributed by atoms with Gasteiger partial charge in [0.15, 0.2) is 0 Å². The summed E-state index contributed by atoms with van der Waals surface area (Å²) in [6.07, 6.45) is -7.97. The van der Waals surface area contributed by atoms with E-state index in [1.165, 1.54) is 18.2 Å². The molecular weight excluding hydrogens is 386 g/mol. The van der Waals surface area contributed by atoms with E-state index in [0.717, 1.165) is 30.3 Å². The van der Waals surface area contributed by atoms with Gasteiger partial charge in [-0.3, -0.25) is 0 Å². The highest BCUT2D eigenvalue weighted by Gasteiger charge is 2.49. The number of benzene rings is 2. The fraction of sp³-hybridized carbons (Fsp3) is 0.316. The maximum atomic E-state index is 13.2. The molecule has 0 spiro atoms. The molecule has 2 N–H and O–H groups in total. The van der Waals surface area contributed by atoms with Crippen LogP contribution in [0.15, 0.2) is 48.5 Å². The highest BCUT2D eigenvalue weighted by Crippen LogP contribution is 2.51. The average molecular weight is 402 g/mol. The first kappa shape index (κ1) is 20.0. The predicted octanol–water partition coefficient (Wildman–Crippen LogP) is 5.58. The predicted molar refractivity (Wildman–Crippen MR) is 90.8 cm³/mol. The largest absolute Gasteiger partial charge is 0.416 e. The number of halogens is 6. The number of nitrogens with one attached hydrogen (secondary N) is 2. The second-order valence-electron chi connectivity index (χ2n) is 6.71. The lowest BCUT2D eigenvalue weighted by molar-refractivity contribution is -0.139. The number of urea groups is 1. The van der Waals surface area contributed by atoms with Crippen LogP contribution in [0.1, 0.15) is 29.5 Å². The van der Waals surface area contributed by atoms with E-state index in [-0.39, 0.29) is 17.8 Å². The average Bonchev–Trinajstić information content (AvgIpc) is 3.40. The van der Waals surface area contributed by atoms with Crippen molar-refractivity contribution in [2.75, 3.05) is 11.9 Å². The third-order valence-corrected chi connectivity index (χ3v) is 4.71. The van der Waals surface area contributed by atoms with E-state index in [1.807, 2.05) is 0 Å². The molecule has 3 rings (SSSR count). The van der Waals surface area contributed by atoms with Gasteiger partial charge in [0.25, 0.3) is 0 Å². The summed E-state index contributed by atoms with van der Waals surface area (Å²) in [4.78, 5) is 12.0. The Bertz CT molecular complexity index is 854. The van der Waals surface area contributed by atoms with Gasteiger partial charge in [-0.2, -0.15) is 26.3 Å². The van der Waals surface area contributed by atoms with Gasteiger partial charge in [-0.1, -0.05) is 18.2 Å². The number of anilines is 1. The molecule has 0 atom stereocenters. The summed E-state index contributed by atoms with van der Waals surface area (Å²) in [6, 6.07) is 8.43. The molecule has 3 nitrogen and oxygen atoms in total. The molecule has 1 saturated carbocycles. The number of hydrogen-bond donors (Lipinski definition) is 2. The van der Waals surface area contributed by atoms with E-state index >= 15 is 0 Å². The number of carbonyl (C=O) groups excluding carboxylic acids is 1. The van der Waals surface area contributed by atoms with Crippen molar-refractivity contribution >= 4 is 11.7 Å². The minimum atomic E-state index is -4.49. The second kappa shape index (κ2) is 7.03. The molecular formula is C19H16F6N2O. The molecule has 1 aliphatic rings. The van der Waals surface area contributed by atoms with Crippen LogP contribution in [-0.2, 0) is 17.8 Å². The highest BCUT2D eigenvalue weighted by molar-refractivity contribution is 5.89. The monoisotopic (exact) mass is 402 g/mol. The lowest BCUT2D eigenvalue weighted by Crippen LogP contribution is -2.36. The molecule has 150 valence electrons. The van der Waals surface area contributed by atoms with E-state index in [9.17, 15) is 31.1 Å². The van der Waals surface area contributed by atoms with Crippen LogP contribution in [0, 0.1) is 0 Å². The second-order valence-corrected chi connectivity index (χ2v) is 6.71. The molecule has 0 radical (unpaired) electrons. The quantitative estimate of drug-likeness (QED) is 0.645. The van der Waals surface area contributed by atoms with Crippen molar-refractivity contribution in [1.29, 1.82) is 0 Å². The zero-order valence-corrected chi connectivity index (χ0v) is 14.4. The summed E-state index contributed by atoms with van der Waals surface area (Å²) in [7, 11) is 0. The van der Waals surface area contributed by atoms with Crippen LogP contribution in [0.5, 0.6) is 0 Å². The van der Waals surface area contributed by atoms with Crippen molar-refractivity contribution in [3.05, 3.63) is 65.2 Å². The summed E-state index contributed by atoms with van der Waals surface area (Å²) < 4.78 is 77.3. The Kier molecular flexibility index (Phi) is 5.03. The van der Waals surface area contributed by atoms with Crippen LogP contribution < -0.4 is 10.6 Å². The molecule has 1 fully saturated rings. The Morgan fingerprint density at radius 2 is 1.50 bits per heavy atom. The fourth-order valence-corrected chi connectivity index (χ4v) is 3.05. The van der Waals surface area contributed by atoms with Crippen LogP contribution in [0.25, 0.3) is 0 Å². The molecule has 0 heterocycles. The molecule has 0 bridgehead atoms. The van der Waals surface area contributed by atoms with Crippen LogP contribution in [0.3, 0.4) is 0 Å². The van der Waals surface area contributed by atoms with Gasteiger partial charge in [-0.25, -0.2) is 4.79 Å². The Morgan fingerprint density at radius 1 is 0.893 bits per heavy atom. The van der Waals surface area contributed by atoms with Crippen molar-refractivity contribution in [2.45, 2.75) is 30.6 Å². The van der Waals surface area contributed by atoms with Crippen LogP contribution in [0.2, 0.25) is 0 Å². The smallest absolute Gasteiger partial charge is 0.337 e. The zero-order valence-electron chi connectivity index (χ0n) is 14.4. The van der Waals surface area contributed by atoms with Gasteiger partial charge in [0.1, 0.15) is 0 Å². The standard InChI is InChI=1S/C19H16F6N2O/c20-18(21,22)12-5-7-13(8-6-12)27-16(28)26-11-17(9-10-17)14-3-1-2-4-15(14)19(23,24)25/h1-8H,9-11H2,(H2,26,27,28). The minimum absolute atomic E-state index is 0.00738. The number of hydrogen-bond acceptors (Lipinski definition) is 1. The molecule has 0 unspecified atom stereocenters. The summed E-state index contributed by atoms with van der Waals surface area (Å²) >= 11 is 0. The normalized spacial score (nSPS) is 15.8. The number of alkyl halides is 6. The van der Waals surface area contributed by atoms with Crippen LogP contribution in [-0.4, -0.2) is 12.6 Å². The van der Waals surface area contributed by atoms with Gasteiger partial charge in [0.05, 0.1) is 11.1 Å². The van der Waals surface area contributed by atoms with E-state index < -0.39 is 34.9 Å². The molecule has 0 saturated heterocycles. The molecule has 2 aromatic carbocycles. The van der Waals surface area contributed by atoms with Crippen molar-refractivity contribution in [3.63, 3.8) is 0 Å². The van der Waals surface area contributed by atoms with Crippen molar-refractivity contribution < 1.29 is 31.1 Å². The molecule has 0 aliphatic heterocycles. The van der Waals surface area contributed by atoms with E-state index in [1.54, 1.807) is 0 Å². The number of carbonyl (C=O) groups is 1. The van der Waals surface area contributed by atoms with Crippen LogP contribution in [0.4, 0.5) is 36.8 Å². The first-order valence-corrected chi connectivity index (χ1v) is 8.40. The van der Waals surface area contributed by atoms with Crippen molar-refractivity contribution in [2.24, 2.45) is 0 Å². The summed E-state index contributed by atoms with van der Waals surface area (Å²) in [5.74, 6) is 0. The van der Waals surface area contributed by atoms with Gasteiger partial charge in [-0.15, -0.1) is 0 Å². The Hall–Kier alpha value is -2.71. The van der Waals surface area contributed by atoms with Crippen LogP contribution >= 0.6 is 0 Å². The third kappa shape index (κ3) is 4.40. The summed E-state index contributed by atoms with van der Waals surface area (Å²) in [6.45, 7) is -0.00738. The number of amides is 2. The maximum absolute atomic E-state index is 13.2. The summed E-state index contributed by atoms with van der Waals surface area (Å²) in [5.41, 5.74) is -2.08. The Balaban J connectivity index is 1.64. The molecule has 28 heavy (non-hydrogen) atoms. The molecule has 2 aromatic rings. The minimum Gasteiger partial charge on any atom is -0.337 e. The lowest BCUT2D eigenvalue weighted by Gasteiger charge is -2.21. The van der Waals surface area contributed by atoms with E-state index in [4.69, 9.17) is 0 Å². The van der Waals surface area contributed by atoms with Crippen molar-refractivity contribution in [3.8, 4) is 0 Å². The maximum Gasteiger partial charge on any atom is 0.416 e. The van der Waals surface area contributed by atoms with E-state index in [0.29, 0.717) is 12.8 Å². The van der Waals surface area contributed by atoms with Crippen molar-refractivity contribution in [1.82, 2.24) is 5.32 Å². The number of rotatable bonds is 4. The Labute approximate surface area is 156 Å². The highest BCUT2D eigenvalue weighted by atomic mass is 19.4. The first-order valence-electron chi connectivity index (χ1n) is 8.40. The summed E-state index contributed by atoms with van der Waals surface area (Å²) in [5, 5.41) is 4.89. The fourth-order valence-electron chi connectivity index (χ4n) is 3.05. The van der Waals surface area contributed by atoms with Gasteiger partial charge in [-0.05, 0) is 48.7 Å². The van der Waals surface area contributed by atoms with E-state index in [2.05, 4.69) is 10.6 Å². The Morgan fingerprint density at radius 3 is 2.04 bits per heavy atom. The topological polar surface area (TPSA) is 41.1 Å². The molecule has 2 amide bonds. The SMILES string of the molecule is O=C(NCC1(c2ccccc2C(F)(F)F)CC1)Nc1ccc(C(F)(F)F)cc1. The molecule has 0 aromatic heterocycles. The first-order chi connectivity index (χ1) is 13.0. The molecule has 9 heteroatoms. The zero-order chi connectivity index (χ0) is 20.6.